The van der Waals surface area contributed by atoms with E-state index in [2.05, 4.69) is 4.90 Å². The van der Waals surface area contributed by atoms with Crippen LogP contribution < -0.4 is 15.2 Å². The summed E-state index contributed by atoms with van der Waals surface area (Å²) in [4.78, 5) is 16.8. The number of carbonyl (C=O) groups is 1. The van der Waals surface area contributed by atoms with Gasteiger partial charge in [0, 0.05) is 38.3 Å². The van der Waals surface area contributed by atoms with Crippen molar-refractivity contribution in [2.45, 2.75) is 6.42 Å². The minimum Gasteiger partial charge on any atom is -0.454 e. The summed E-state index contributed by atoms with van der Waals surface area (Å²) in [6, 6.07) is 5.37. The largest absolute Gasteiger partial charge is 0.454 e. The average Bonchev–Trinajstić information content (AvgIpc) is 2.85. The fourth-order valence-electron chi connectivity index (χ4n) is 2.79. The van der Waals surface area contributed by atoms with Gasteiger partial charge in [-0.2, -0.15) is 0 Å². The molecule has 2 aliphatic heterocycles. The Morgan fingerprint density at radius 2 is 2.00 bits per heavy atom. The van der Waals surface area contributed by atoms with Crippen LogP contribution in [0.1, 0.15) is 16.8 Å². The molecule has 21 heavy (non-hydrogen) atoms. The molecule has 1 aromatic rings. The molecule has 0 aromatic heterocycles. The molecule has 1 saturated heterocycles. The lowest BCUT2D eigenvalue weighted by Crippen LogP contribution is -2.36. The third kappa shape index (κ3) is 3.11. The summed E-state index contributed by atoms with van der Waals surface area (Å²) in [5.74, 6) is 1.42. The number of carbonyl (C=O) groups excluding carboxylic acids is 1. The van der Waals surface area contributed by atoms with Gasteiger partial charge in [-0.05, 0) is 31.2 Å². The van der Waals surface area contributed by atoms with Crippen LogP contribution in [0.5, 0.6) is 11.5 Å². The lowest BCUT2D eigenvalue weighted by Gasteiger charge is -2.21. The lowest BCUT2D eigenvalue weighted by atomic mass is 10.1. The van der Waals surface area contributed by atoms with Crippen molar-refractivity contribution in [2.75, 3.05) is 46.1 Å². The molecule has 0 spiro atoms. The van der Waals surface area contributed by atoms with E-state index in [0.29, 0.717) is 23.6 Å². The Labute approximate surface area is 124 Å². The van der Waals surface area contributed by atoms with Gasteiger partial charge >= 0.3 is 0 Å². The minimum atomic E-state index is 0.0582. The zero-order valence-corrected chi connectivity index (χ0v) is 12.1. The minimum absolute atomic E-state index is 0.0582. The summed E-state index contributed by atoms with van der Waals surface area (Å²) in [5.41, 5.74) is 6.26. The van der Waals surface area contributed by atoms with Gasteiger partial charge < -0.3 is 25.0 Å². The standard InChI is InChI=1S/C15H21N3O3/c16-4-7-17-5-1-6-18(9-8-17)15(19)12-2-3-13-14(10-12)21-11-20-13/h2-3,10H,1,4-9,11,16H2. The van der Waals surface area contributed by atoms with E-state index in [1.807, 2.05) is 4.90 Å². The summed E-state index contributed by atoms with van der Waals surface area (Å²) in [6.07, 6.45) is 0.982. The molecule has 1 aromatic carbocycles. The average molecular weight is 291 g/mol. The van der Waals surface area contributed by atoms with Crippen LogP contribution in [0.15, 0.2) is 18.2 Å². The van der Waals surface area contributed by atoms with Gasteiger partial charge in [-0.25, -0.2) is 0 Å². The monoisotopic (exact) mass is 291 g/mol. The van der Waals surface area contributed by atoms with E-state index in [9.17, 15) is 4.79 Å². The molecule has 0 bridgehead atoms. The van der Waals surface area contributed by atoms with Crippen molar-refractivity contribution in [1.82, 2.24) is 9.80 Å². The number of hydrogen-bond acceptors (Lipinski definition) is 5. The molecule has 0 unspecified atom stereocenters. The summed E-state index contributed by atoms with van der Waals surface area (Å²) in [7, 11) is 0. The molecule has 3 rings (SSSR count). The Bertz CT molecular complexity index is 521. The van der Waals surface area contributed by atoms with Crippen LogP contribution in [0.25, 0.3) is 0 Å². The molecule has 0 radical (unpaired) electrons. The molecule has 0 atom stereocenters. The zero-order chi connectivity index (χ0) is 14.7. The quantitative estimate of drug-likeness (QED) is 0.879. The van der Waals surface area contributed by atoms with E-state index in [-0.39, 0.29) is 12.7 Å². The van der Waals surface area contributed by atoms with Crippen molar-refractivity contribution >= 4 is 5.91 Å². The van der Waals surface area contributed by atoms with Crippen molar-refractivity contribution < 1.29 is 14.3 Å². The fourth-order valence-corrected chi connectivity index (χ4v) is 2.79. The molecule has 2 heterocycles. The number of nitrogens with zero attached hydrogens (tertiary/aromatic N) is 2. The highest BCUT2D eigenvalue weighted by Crippen LogP contribution is 2.32. The first-order valence-corrected chi connectivity index (χ1v) is 7.39. The predicted octanol–water partition coefficient (Wildman–Crippen LogP) is 0.522. The molecular formula is C15H21N3O3. The van der Waals surface area contributed by atoms with E-state index in [1.165, 1.54) is 0 Å². The van der Waals surface area contributed by atoms with Gasteiger partial charge in [0.15, 0.2) is 11.5 Å². The SMILES string of the molecule is NCCN1CCCN(C(=O)c2ccc3c(c2)OCO3)CC1. The van der Waals surface area contributed by atoms with E-state index in [4.69, 9.17) is 15.2 Å². The highest BCUT2D eigenvalue weighted by Gasteiger charge is 2.22. The first-order chi connectivity index (χ1) is 10.3. The molecule has 0 saturated carbocycles. The number of hydrogen-bond donors (Lipinski definition) is 1. The maximum absolute atomic E-state index is 12.6. The Balaban J connectivity index is 1.67. The fraction of sp³-hybridized carbons (Fsp3) is 0.533. The zero-order valence-electron chi connectivity index (χ0n) is 12.1. The molecule has 6 nitrogen and oxygen atoms in total. The number of amides is 1. The van der Waals surface area contributed by atoms with Crippen LogP contribution in [-0.2, 0) is 0 Å². The molecule has 2 N–H and O–H groups in total. The van der Waals surface area contributed by atoms with Gasteiger partial charge in [0.2, 0.25) is 6.79 Å². The summed E-state index contributed by atoms with van der Waals surface area (Å²) in [6.45, 7) is 5.20. The van der Waals surface area contributed by atoms with E-state index in [1.54, 1.807) is 18.2 Å². The number of fused-ring (bicyclic) bond motifs is 1. The van der Waals surface area contributed by atoms with Crippen molar-refractivity contribution in [2.24, 2.45) is 5.73 Å². The summed E-state index contributed by atoms with van der Waals surface area (Å²) in [5, 5.41) is 0. The van der Waals surface area contributed by atoms with Crippen LogP contribution in [0.3, 0.4) is 0 Å². The smallest absolute Gasteiger partial charge is 0.254 e. The molecule has 1 amide bonds. The molecule has 2 aliphatic rings. The molecule has 0 aliphatic carbocycles. The second-order valence-electron chi connectivity index (χ2n) is 5.34. The lowest BCUT2D eigenvalue weighted by molar-refractivity contribution is 0.0761. The molecule has 6 heteroatoms. The summed E-state index contributed by atoms with van der Waals surface area (Å²) >= 11 is 0. The van der Waals surface area contributed by atoms with Gasteiger partial charge in [0.25, 0.3) is 5.91 Å². The Morgan fingerprint density at radius 3 is 2.86 bits per heavy atom. The maximum Gasteiger partial charge on any atom is 0.254 e. The molecular weight excluding hydrogens is 270 g/mol. The highest BCUT2D eigenvalue weighted by molar-refractivity contribution is 5.95. The van der Waals surface area contributed by atoms with Crippen LogP contribution in [0, 0.1) is 0 Å². The Morgan fingerprint density at radius 1 is 1.14 bits per heavy atom. The predicted molar refractivity (Wildman–Crippen MR) is 78.6 cm³/mol. The maximum atomic E-state index is 12.6. The van der Waals surface area contributed by atoms with Crippen molar-refractivity contribution in [3.8, 4) is 11.5 Å². The van der Waals surface area contributed by atoms with Gasteiger partial charge in [0.05, 0.1) is 0 Å². The number of rotatable bonds is 3. The van der Waals surface area contributed by atoms with Crippen LogP contribution >= 0.6 is 0 Å². The first-order valence-electron chi connectivity index (χ1n) is 7.39. The van der Waals surface area contributed by atoms with Gasteiger partial charge in [0.1, 0.15) is 0 Å². The number of benzene rings is 1. The highest BCUT2D eigenvalue weighted by atomic mass is 16.7. The third-order valence-corrected chi connectivity index (χ3v) is 3.94. The molecule has 114 valence electrons. The van der Waals surface area contributed by atoms with Gasteiger partial charge in [-0.3, -0.25) is 4.79 Å². The van der Waals surface area contributed by atoms with E-state index >= 15 is 0 Å². The Hall–Kier alpha value is -1.79. The normalized spacial score (nSPS) is 18.6. The van der Waals surface area contributed by atoms with Crippen LogP contribution in [0.2, 0.25) is 0 Å². The molecule has 1 fully saturated rings. The number of ether oxygens (including phenoxy) is 2. The van der Waals surface area contributed by atoms with E-state index < -0.39 is 0 Å². The van der Waals surface area contributed by atoms with Gasteiger partial charge in [-0.15, -0.1) is 0 Å². The first kappa shape index (κ1) is 14.2. The van der Waals surface area contributed by atoms with Crippen LogP contribution in [0.4, 0.5) is 0 Å². The second kappa shape index (κ2) is 6.32. The van der Waals surface area contributed by atoms with Crippen molar-refractivity contribution in [3.05, 3.63) is 23.8 Å². The summed E-state index contributed by atoms with van der Waals surface area (Å²) < 4.78 is 10.6. The van der Waals surface area contributed by atoms with Crippen LogP contribution in [-0.4, -0.2) is 61.8 Å². The number of nitrogens with two attached hydrogens (primary N) is 1. The topological polar surface area (TPSA) is 68.0 Å². The second-order valence-corrected chi connectivity index (χ2v) is 5.34. The Kier molecular flexibility index (Phi) is 4.26. The van der Waals surface area contributed by atoms with E-state index in [0.717, 1.165) is 39.1 Å². The van der Waals surface area contributed by atoms with Crippen molar-refractivity contribution in [3.63, 3.8) is 0 Å². The van der Waals surface area contributed by atoms with Crippen molar-refractivity contribution in [1.29, 1.82) is 0 Å². The van der Waals surface area contributed by atoms with Gasteiger partial charge in [-0.1, -0.05) is 0 Å². The third-order valence-electron chi connectivity index (χ3n) is 3.94.